The summed E-state index contributed by atoms with van der Waals surface area (Å²) in [5.41, 5.74) is -0.136. The van der Waals surface area contributed by atoms with Gasteiger partial charge in [-0.2, -0.15) is 3.97 Å². The average molecular weight is 469 g/mol. The summed E-state index contributed by atoms with van der Waals surface area (Å²) >= 11 is 0. The van der Waals surface area contributed by atoms with Crippen molar-refractivity contribution < 1.29 is 22.3 Å². The molecule has 0 unspecified atom stereocenters. The summed E-state index contributed by atoms with van der Waals surface area (Å²) in [4.78, 5) is 29.1. The van der Waals surface area contributed by atoms with Gasteiger partial charge in [0.15, 0.2) is 0 Å². The van der Waals surface area contributed by atoms with E-state index in [1.807, 2.05) is 0 Å². The van der Waals surface area contributed by atoms with Gasteiger partial charge in [0.1, 0.15) is 5.82 Å². The van der Waals surface area contributed by atoms with E-state index in [4.69, 9.17) is 4.74 Å². The molecule has 1 amide bonds. The number of carbonyl (C=O) groups excluding carboxylic acids is 1. The highest BCUT2D eigenvalue weighted by Crippen LogP contribution is 2.29. The Morgan fingerprint density at radius 2 is 1.69 bits per heavy atom. The van der Waals surface area contributed by atoms with Gasteiger partial charge in [-0.1, -0.05) is 0 Å². The molecule has 1 aromatic heterocycles. The van der Waals surface area contributed by atoms with Crippen molar-refractivity contribution in [1.29, 1.82) is 0 Å². The van der Waals surface area contributed by atoms with Gasteiger partial charge >= 0.3 is 11.8 Å². The molecular formula is C21H29FN4O5S. The van der Waals surface area contributed by atoms with Crippen LogP contribution in [0.15, 0.2) is 23.0 Å². The number of halogens is 1. The van der Waals surface area contributed by atoms with Gasteiger partial charge in [-0.15, -0.1) is 0 Å². The monoisotopic (exact) mass is 468 g/mol. The lowest BCUT2D eigenvalue weighted by Crippen LogP contribution is -2.49. The van der Waals surface area contributed by atoms with Gasteiger partial charge in [0.25, 0.3) is 0 Å². The molecule has 4 rings (SSSR count). The molecule has 0 saturated carbocycles. The van der Waals surface area contributed by atoms with E-state index in [1.54, 1.807) is 11.8 Å². The van der Waals surface area contributed by atoms with E-state index in [1.165, 1.54) is 22.8 Å². The normalized spacial score (nSPS) is 19.5. The highest BCUT2D eigenvalue weighted by Gasteiger charge is 2.32. The average Bonchev–Trinajstić information content (AvgIpc) is 3.05. The second-order valence-electron chi connectivity index (χ2n) is 8.50. The summed E-state index contributed by atoms with van der Waals surface area (Å²) in [5, 5.41) is 0. The van der Waals surface area contributed by atoms with Crippen LogP contribution in [0, 0.1) is 5.82 Å². The number of rotatable bonds is 4. The number of benzene rings is 1. The van der Waals surface area contributed by atoms with E-state index in [0.717, 1.165) is 36.2 Å². The van der Waals surface area contributed by atoms with E-state index >= 15 is 0 Å². The SMILES string of the molecule is CCOC(=O)N1CCC(N2CCC(n3c(=O)n(S(C)(=O)=O)c4ccc(F)cc43)CC2)CC1. The van der Waals surface area contributed by atoms with E-state index in [-0.39, 0.29) is 17.7 Å². The predicted octanol–water partition coefficient (Wildman–Crippen LogP) is 2.01. The van der Waals surface area contributed by atoms with E-state index in [9.17, 15) is 22.4 Å². The topological polar surface area (TPSA) is 93.8 Å². The first-order valence-corrected chi connectivity index (χ1v) is 12.8. The molecule has 32 heavy (non-hydrogen) atoms. The van der Waals surface area contributed by atoms with Gasteiger partial charge in [-0.3, -0.25) is 4.57 Å². The Morgan fingerprint density at radius 1 is 1.06 bits per heavy atom. The van der Waals surface area contributed by atoms with Gasteiger partial charge in [0.2, 0.25) is 10.0 Å². The maximum Gasteiger partial charge on any atom is 0.409 e. The van der Waals surface area contributed by atoms with Gasteiger partial charge in [-0.25, -0.2) is 22.4 Å². The summed E-state index contributed by atoms with van der Waals surface area (Å²) in [6, 6.07) is 3.89. The molecule has 2 aromatic rings. The fourth-order valence-electron chi connectivity index (χ4n) is 4.98. The molecule has 0 aliphatic carbocycles. The summed E-state index contributed by atoms with van der Waals surface area (Å²) in [6.45, 7) is 4.98. The van der Waals surface area contributed by atoms with Crippen LogP contribution in [0.4, 0.5) is 9.18 Å². The van der Waals surface area contributed by atoms with Crippen molar-refractivity contribution in [1.82, 2.24) is 18.3 Å². The number of hydrogen-bond donors (Lipinski definition) is 0. The Kier molecular flexibility index (Phi) is 6.30. The molecule has 11 heteroatoms. The first kappa shape index (κ1) is 22.8. The number of aromatic nitrogens is 2. The summed E-state index contributed by atoms with van der Waals surface area (Å²) in [7, 11) is -3.83. The van der Waals surface area contributed by atoms with Crippen LogP contribution >= 0.6 is 0 Å². The number of carbonyl (C=O) groups is 1. The standard InChI is InChI=1S/C21H29FN4O5S/c1-3-31-21(28)24-12-6-16(7-13-24)23-10-8-17(9-11-23)25-19-14-15(22)4-5-18(19)26(20(25)27)32(2,29)30/h4-5,14,16-17H,3,6-13H2,1-2H3. The Labute approximate surface area is 186 Å². The number of piperidine rings is 2. The fourth-order valence-corrected chi connectivity index (χ4v) is 5.86. The molecule has 2 fully saturated rings. The van der Waals surface area contributed by atoms with Crippen LogP contribution in [0.2, 0.25) is 0 Å². The van der Waals surface area contributed by atoms with Crippen LogP contribution in [0.5, 0.6) is 0 Å². The largest absolute Gasteiger partial charge is 0.450 e. The van der Waals surface area contributed by atoms with E-state index in [0.29, 0.717) is 44.1 Å². The molecular weight excluding hydrogens is 439 g/mol. The van der Waals surface area contributed by atoms with Crippen LogP contribution in [0.1, 0.15) is 38.6 Å². The lowest BCUT2D eigenvalue weighted by Gasteiger charge is -2.41. The number of imidazole rings is 1. The van der Waals surface area contributed by atoms with Gasteiger partial charge in [0.05, 0.1) is 23.9 Å². The third kappa shape index (κ3) is 4.27. The van der Waals surface area contributed by atoms with Crippen LogP contribution in [0.3, 0.4) is 0 Å². The highest BCUT2D eigenvalue weighted by atomic mass is 32.2. The second-order valence-corrected chi connectivity index (χ2v) is 10.3. The molecule has 2 aliphatic rings. The number of hydrogen-bond acceptors (Lipinski definition) is 6. The molecule has 0 N–H and O–H groups in total. The van der Waals surface area contributed by atoms with Crippen molar-refractivity contribution in [2.45, 2.75) is 44.7 Å². The Bertz CT molecular complexity index is 1160. The number of likely N-dealkylation sites (tertiary alicyclic amines) is 2. The minimum Gasteiger partial charge on any atom is -0.450 e. The van der Waals surface area contributed by atoms with Crippen molar-refractivity contribution in [2.24, 2.45) is 0 Å². The fraction of sp³-hybridized carbons (Fsp3) is 0.619. The van der Waals surface area contributed by atoms with E-state index in [2.05, 4.69) is 4.90 Å². The first-order chi connectivity index (χ1) is 15.2. The number of nitrogens with zero attached hydrogens (tertiary/aromatic N) is 4. The van der Waals surface area contributed by atoms with Gasteiger partial charge in [-0.05, 0) is 50.8 Å². The second kappa shape index (κ2) is 8.86. The Morgan fingerprint density at radius 3 is 2.28 bits per heavy atom. The van der Waals surface area contributed by atoms with Crippen molar-refractivity contribution in [3.8, 4) is 0 Å². The van der Waals surface area contributed by atoms with Gasteiger partial charge < -0.3 is 14.5 Å². The minimum absolute atomic E-state index is 0.202. The Hall–Kier alpha value is -2.40. The summed E-state index contributed by atoms with van der Waals surface area (Å²) < 4.78 is 45.7. The molecule has 0 bridgehead atoms. The molecule has 176 valence electrons. The molecule has 9 nitrogen and oxygen atoms in total. The number of fused-ring (bicyclic) bond motifs is 1. The maximum absolute atomic E-state index is 13.9. The quantitative estimate of drug-likeness (QED) is 0.682. The zero-order valence-corrected chi connectivity index (χ0v) is 19.2. The molecule has 1 aromatic carbocycles. The Balaban J connectivity index is 1.49. The summed E-state index contributed by atoms with van der Waals surface area (Å²) in [6.07, 6.45) is 3.77. The van der Waals surface area contributed by atoms with Crippen LogP contribution < -0.4 is 5.69 Å². The molecule has 2 aliphatic heterocycles. The van der Waals surface area contributed by atoms with Crippen LogP contribution in [0.25, 0.3) is 11.0 Å². The molecule has 3 heterocycles. The molecule has 0 radical (unpaired) electrons. The van der Waals surface area contributed by atoms with Crippen LogP contribution in [-0.4, -0.2) is 77.9 Å². The minimum atomic E-state index is -3.83. The highest BCUT2D eigenvalue weighted by molar-refractivity contribution is 7.89. The zero-order chi connectivity index (χ0) is 23.0. The molecule has 2 saturated heterocycles. The lowest BCUT2D eigenvalue weighted by molar-refractivity contribution is 0.0625. The van der Waals surface area contributed by atoms with E-state index < -0.39 is 21.5 Å². The summed E-state index contributed by atoms with van der Waals surface area (Å²) in [5.74, 6) is -0.511. The molecule has 0 atom stereocenters. The first-order valence-electron chi connectivity index (χ1n) is 11.0. The van der Waals surface area contributed by atoms with Crippen molar-refractivity contribution >= 4 is 27.1 Å². The maximum atomic E-state index is 13.9. The third-order valence-electron chi connectivity index (χ3n) is 6.50. The number of ether oxygens (including phenoxy) is 1. The van der Waals surface area contributed by atoms with Crippen molar-refractivity contribution in [3.63, 3.8) is 0 Å². The molecule has 0 spiro atoms. The lowest BCUT2D eigenvalue weighted by atomic mass is 9.97. The number of amides is 1. The van der Waals surface area contributed by atoms with Crippen molar-refractivity contribution in [2.75, 3.05) is 39.0 Å². The third-order valence-corrected chi connectivity index (χ3v) is 7.51. The van der Waals surface area contributed by atoms with Gasteiger partial charge in [0, 0.05) is 38.3 Å². The van der Waals surface area contributed by atoms with Crippen molar-refractivity contribution in [3.05, 3.63) is 34.5 Å². The smallest absolute Gasteiger partial charge is 0.409 e. The zero-order valence-electron chi connectivity index (χ0n) is 18.4. The van der Waals surface area contributed by atoms with Crippen LogP contribution in [-0.2, 0) is 14.8 Å². The predicted molar refractivity (Wildman–Crippen MR) is 118 cm³/mol.